The van der Waals surface area contributed by atoms with Crippen molar-refractivity contribution >= 4 is 0 Å². The fourth-order valence-electron chi connectivity index (χ4n) is 1.86. The molecule has 0 saturated carbocycles. The lowest BCUT2D eigenvalue weighted by atomic mass is 10.2. The van der Waals surface area contributed by atoms with Crippen LogP contribution in [0.1, 0.15) is 19.8 Å². The molecule has 0 amide bonds. The Morgan fingerprint density at radius 2 is 2.44 bits per heavy atom. The monoisotopic (exact) mass is 127 g/mol. The third-order valence-electron chi connectivity index (χ3n) is 2.42. The number of hydrogen-bond acceptors (Lipinski definition) is 2. The van der Waals surface area contributed by atoms with Crippen molar-refractivity contribution in [2.75, 3.05) is 13.2 Å². The van der Waals surface area contributed by atoms with Crippen molar-refractivity contribution < 1.29 is 4.74 Å². The van der Waals surface area contributed by atoms with Crippen LogP contribution in [0.15, 0.2) is 0 Å². The Balaban J connectivity index is 2.07. The van der Waals surface area contributed by atoms with E-state index in [2.05, 4.69) is 11.8 Å². The Bertz CT molecular complexity index is 115. The van der Waals surface area contributed by atoms with Gasteiger partial charge in [0.25, 0.3) is 0 Å². The lowest BCUT2D eigenvalue weighted by Gasteiger charge is -2.16. The summed E-state index contributed by atoms with van der Waals surface area (Å²) in [6.45, 7) is 4.37. The maximum Gasteiger partial charge on any atom is 0.108 e. The summed E-state index contributed by atoms with van der Waals surface area (Å²) in [5.41, 5.74) is 0. The average Bonchev–Trinajstić information content (AvgIpc) is 2.35. The van der Waals surface area contributed by atoms with Crippen molar-refractivity contribution in [3.8, 4) is 0 Å². The second-order valence-corrected chi connectivity index (χ2v) is 2.97. The fourth-order valence-corrected chi connectivity index (χ4v) is 1.86. The zero-order valence-electron chi connectivity index (χ0n) is 5.84. The molecule has 0 N–H and O–H groups in total. The van der Waals surface area contributed by atoms with Crippen molar-refractivity contribution in [3.05, 3.63) is 0 Å². The molecule has 0 aromatic heterocycles. The quantitative estimate of drug-likeness (QED) is 0.478. The molecule has 0 aromatic carbocycles. The van der Waals surface area contributed by atoms with Gasteiger partial charge in [0, 0.05) is 12.6 Å². The largest absolute Gasteiger partial charge is 0.362 e. The molecule has 2 fully saturated rings. The lowest BCUT2D eigenvalue weighted by Crippen LogP contribution is -2.29. The first-order valence-corrected chi connectivity index (χ1v) is 3.75. The van der Waals surface area contributed by atoms with Gasteiger partial charge in [0.2, 0.25) is 0 Å². The second-order valence-electron chi connectivity index (χ2n) is 2.97. The van der Waals surface area contributed by atoms with Crippen LogP contribution < -0.4 is 0 Å². The Kier molecular flexibility index (Phi) is 1.24. The number of rotatable bonds is 0. The molecular formula is C7H13NO. The summed E-state index contributed by atoms with van der Waals surface area (Å²) >= 11 is 0. The van der Waals surface area contributed by atoms with Crippen LogP contribution >= 0.6 is 0 Å². The first-order chi connectivity index (χ1) is 4.38. The summed E-state index contributed by atoms with van der Waals surface area (Å²) < 4.78 is 5.45. The average molecular weight is 127 g/mol. The standard InChI is InChI=1S/C7H13NO/c1-6-8-4-2-3-7(8)5-9-6/h6-7H,2-5H2,1H3/t6-,7+/m1/s1. The number of nitrogens with zero attached hydrogens (tertiary/aromatic N) is 1. The van der Waals surface area contributed by atoms with E-state index in [1.165, 1.54) is 19.4 Å². The molecule has 2 aliphatic rings. The van der Waals surface area contributed by atoms with Crippen molar-refractivity contribution in [1.82, 2.24) is 4.90 Å². The van der Waals surface area contributed by atoms with E-state index in [1.54, 1.807) is 0 Å². The van der Waals surface area contributed by atoms with Gasteiger partial charge in [-0.2, -0.15) is 0 Å². The SMILES string of the molecule is C[C@H]1OC[C@@H]2CCCN21. The predicted octanol–water partition coefficient (Wildman–Crippen LogP) is 0.827. The van der Waals surface area contributed by atoms with Gasteiger partial charge in [-0.25, -0.2) is 0 Å². The topological polar surface area (TPSA) is 12.5 Å². The van der Waals surface area contributed by atoms with Crippen LogP contribution in [-0.2, 0) is 4.74 Å². The van der Waals surface area contributed by atoms with Crippen LogP contribution in [0, 0.1) is 0 Å². The van der Waals surface area contributed by atoms with E-state index >= 15 is 0 Å². The molecule has 52 valence electrons. The summed E-state index contributed by atoms with van der Waals surface area (Å²) in [6, 6.07) is 0.764. The van der Waals surface area contributed by atoms with E-state index in [0.717, 1.165) is 12.6 Å². The summed E-state index contributed by atoms with van der Waals surface area (Å²) in [5, 5.41) is 0. The van der Waals surface area contributed by atoms with Gasteiger partial charge < -0.3 is 4.74 Å². The van der Waals surface area contributed by atoms with E-state index in [1.807, 2.05) is 0 Å². The third kappa shape index (κ3) is 0.775. The molecule has 2 nitrogen and oxygen atoms in total. The highest BCUT2D eigenvalue weighted by Crippen LogP contribution is 2.26. The predicted molar refractivity (Wildman–Crippen MR) is 35.1 cm³/mol. The molecule has 2 aliphatic heterocycles. The molecule has 2 rings (SSSR count). The minimum atomic E-state index is 0.400. The zero-order valence-corrected chi connectivity index (χ0v) is 5.84. The second kappa shape index (κ2) is 1.96. The van der Waals surface area contributed by atoms with Crippen molar-refractivity contribution in [1.29, 1.82) is 0 Å². The number of ether oxygens (including phenoxy) is 1. The van der Waals surface area contributed by atoms with E-state index in [0.29, 0.717) is 6.23 Å². The van der Waals surface area contributed by atoms with Crippen LogP contribution in [-0.4, -0.2) is 30.3 Å². The minimum absolute atomic E-state index is 0.400. The first-order valence-electron chi connectivity index (χ1n) is 3.75. The Hall–Kier alpha value is -0.0800. The molecule has 2 heterocycles. The highest BCUT2D eigenvalue weighted by Gasteiger charge is 2.34. The van der Waals surface area contributed by atoms with Gasteiger partial charge in [-0.05, 0) is 19.8 Å². The molecule has 0 bridgehead atoms. The first kappa shape index (κ1) is 5.69. The molecule has 9 heavy (non-hydrogen) atoms. The number of hydrogen-bond donors (Lipinski definition) is 0. The molecule has 0 radical (unpaired) electrons. The summed E-state index contributed by atoms with van der Waals surface area (Å²) in [6.07, 6.45) is 3.13. The molecule has 0 aliphatic carbocycles. The molecule has 0 aromatic rings. The van der Waals surface area contributed by atoms with Gasteiger partial charge in [0.1, 0.15) is 6.23 Å². The number of fused-ring (bicyclic) bond motifs is 1. The minimum Gasteiger partial charge on any atom is -0.362 e. The van der Waals surface area contributed by atoms with E-state index in [9.17, 15) is 0 Å². The van der Waals surface area contributed by atoms with Gasteiger partial charge in [-0.3, -0.25) is 4.90 Å². The van der Waals surface area contributed by atoms with Crippen LogP contribution in [0.2, 0.25) is 0 Å². The molecular weight excluding hydrogens is 114 g/mol. The van der Waals surface area contributed by atoms with E-state index < -0.39 is 0 Å². The molecule has 0 spiro atoms. The van der Waals surface area contributed by atoms with Gasteiger partial charge in [-0.1, -0.05) is 0 Å². The normalized spacial score (nSPS) is 43.7. The summed E-state index contributed by atoms with van der Waals surface area (Å²) in [5.74, 6) is 0. The maximum atomic E-state index is 5.45. The fraction of sp³-hybridized carbons (Fsp3) is 1.00. The van der Waals surface area contributed by atoms with E-state index in [-0.39, 0.29) is 0 Å². The highest BCUT2D eigenvalue weighted by atomic mass is 16.5. The van der Waals surface area contributed by atoms with Gasteiger partial charge in [0.15, 0.2) is 0 Å². The third-order valence-corrected chi connectivity index (χ3v) is 2.42. The smallest absolute Gasteiger partial charge is 0.108 e. The summed E-state index contributed by atoms with van der Waals surface area (Å²) in [7, 11) is 0. The molecule has 2 heteroatoms. The van der Waals surface area contributed by atoms with Crippen molar-refractivity contribution in [3.63, 3.8) is 0 Å². The highest BCUT2D eigenvalue weighted by molar-refractivity contribution is 4.84. The van der Waals surface area contributed by atoms with Gasteiger partial charge in [0.05, 0.1) is 6.61 Å². The maximum absolute atomic E-state index is 5.45. The molecule has 2 saturated heterocycles. The van der Waals surface area contributed by atoms with Crippen molar-refractivity contribution in [2.45, 2.75) is 32.0 Å². The molecule has 2 atom stereocenters. The van der Waals surface area contributed by atoms with Gasteiger partial charge >= 0.3 is 0 Å². The van der Waals surface area contributed by atoms with Gasteiger partial charge in [-0.15, -0.1) is 0 Å². The Morgan fingerprint density at radius 3 is 3.22 bits per heavy atom. The molecule has 0 unspecified atom stereocenters. The lowest BCUT2D eigenvalue weighted by molar-refractivity contribution is 0.0523. The van der Waals surface area contributed by atoms with Crippen LogP contribution in [0.5, 0.6) is 0 Å². The summed E-state index contributed by atoms with van der Waals surface area (Å²) in [4.78, 5) is 2.46. The van der Waals surface area contributed by atoms with Crippen LogP contribution in [0.3, 0.4) is 0 Å². The Morgan fingerprint density at radius 1 is 1.56 bits per heavy atom. The van der Waals surface area contributed by atoms with Crippen LogP contribution in [0.4, 0.5) is 0 Å². The zero-order chi connectivity index (χ0) is 6.27. The van der Waals surface area contributed by atoms with Crippen molar-refractivity contribution in [2.24, 2.45) is 0 Å². The van der Waals surface area contributed by atoms with E-state index in [4.69, 9.17) is 4.74 Å². The Labute approximate surface area is 55.8 Å². The van der Waals surface area contributed by atoms with Crippen LogP contribution in [0.25, 0.3) is 0 Å².